The smallest absolute Gasteiger partial charge is 0.253 e. The van der Waals surface area contributed by atoms with Gasteiger partial charge in [-0.3, -0.25) is 14.0 Å². The monoisotopic (exact) mass is 471 g/mol. The molecule has 0 fully saturated rings. The van der Waals surface area contributed by atoms with Crippen LogP contribution < -0.4 is 20.3 Å². The molecule has 0 spiro atoms. The van der Waals surface area contributed by atoms with Gasteiger partial charge in [0, 0.05) is 44.5 Å². The number of aryl methyl sites for hydroxylation is 1. The highest BCUT2D eigenvalue weighted by Gasteiger charge is 2.16. The van der Waals surface area contributed by atoms with E-state index in [2.05, 4.69) is 20.5 Å². The number of amides is 2. The van der Waals surface area contributed by atoms with Crippen LogP contribution >= 0.6 is 0 Å². The van der Waals surface area contributed by atoms with Crippen molar-refractivity contribution in [1.29, 1.82) is 0 Å². The van der Waals surface area contributed by atoms with Crippen LogP contribution in [0.15, 0.2) is 66.9 Å². The molecule has 0 radical (unpaired) electrons. The van der Waals surface area contributed by atoms with Gasteiger partial charge in [-0.05, 0) is 42.8 Å². The molecule has 0 unspecified atom stereocenters. The van der Waals surface area contributed by atoms with E-state index in [-0.39, 0.29) is 11.8 Å². The SMILES string of the molecule is COc1ccccc1CNC(=O)c1ccc2nc(C)c(N(C)Cc3ccc(NC(C)=O)cc3)n2c1. The number of imidazole rings is 1. The molecule has 0 saturated heterocycles. The molecule has 2 aromatic heterocycles. The van der Waals surface area contributed by atoms with Crippen LogP contribution in [0.4, 0.5) is 11.5 Å². The third kappa shape index (κ3) is 5.43. The van der Waals surface area contributed by atoms with Crippen molar-refractivity contribution in [2.75, 3.05) is 24.4 Å². The van der Waals surface area contributed by atoms with Gasteiger partial charge in [0.05, 0.1) is 18.4 Å². The third-order valence-electron chi connectivity index (χ3n) is 5.71. The fraction of sp³-hybridized carbons (Fsp3) is 0.222. The van der Waals surface area contributed by atoms with Crippen molar-refractivity contribution in [1.82, 2.24) is 14.7 Å². The zero-order valence-electron chi connectivity index (χ0n) is 20.3. The second-order valence-electron chi connectivity index (χ2n) is 8.40. The van der Waals surface area contributed by atoms with Gasteiger partial charge in [0.15, 0.2) is 0 Å². The van der Waals surface area contributed by atoms with Gasteiger partial charge in [0.2, 0.25) is 5.91 Å². The van der Waals surface area contributed by atoms with Crippen LogP contribution in [0.5, 0.6) is 5.75 Å². The van der Waals surface area contributed by atoms with E-state index in [0.717, 1.165) is 39.7 Å². The highest BCUT2D eigenvalue weighted by molar-refractivity contribution is 5.94. The van der Waals surface area contributed by atoms with Crippen molar-refractivity contribution in [2.24, 2.45) is 0 Å². The number of benzene rings is 2. The Morgan fingerprint density at radius 1 is 1.06 bits per heavy atom. The van der Waals surface area contributed by atoms with Gasteiger partial charge in [0.1, 0.15) is 17.2 Å². The first-order chi connectivity index (χ1) is 16.9. The van der Waals surface area contributed by atoms with Crippen molar-refractivity contribution in [2.45, 2.75) is 26.9 Å². The highest BCUT2D eigenvalue weighted by Crippen LogP contribution is 2.24. The molecule has 0 aliphatic rings. The zero-order valence-corrected chi connectivity index (χ0v) is 20.3. The van der Waals surface area contributed by atoms with E-state index in [4.69, 9.17) is 4.74 Å². The molecular weight excluding hydrogens is 442 g/mol. The number of rotatable bonds is 8. The lowest BCUT2D eigenvalue weighted by Crippen LogP contribution is -2.24. The molecule has 4 rings (SSSR count). The van der Waals surface area contributed by atoms with Crippen molar-refractivity contribution in [3.63, 3.8) is 0 Å². The predicted molar refractivity (Wildman–Crippen MR) is 137 cm³/mol. The molecular formula is C27H29N5O3. The number of methoxy groups -OCH3 is 1. The Labute approximate surface area is 204 Å². The molecule has 8 heteroatoms. The highest BCUT2D eigenvalue weighted by atomic mass is 16.5. The Balaban J connectivity index is 1.52. The fourth-order valence-electron chi connectivity index (χ4n) is 4.12. The first-order valence-corrected chi connectivity index (χ1v) is 11.3. The average molecular weight is 472 g/mol. The number of pyridine rings is 1. The molecule has 0 atom stereocenters. The lowest BCUT2D eigenvalue weighted by molar-refractivity contribution is -0.114. The number of anilines is 2. The lowest BCUT2D eigenvalue weighted by atomic mass is 10.2. The molecule has 0 aliphatic carbocycles. The van der Waals surface area contributed by atoms with E-state index in [9.17, 15) is 9.59 Å². The summed E-state index contributed by atoms with van der Waals surface area (Å²) in [5.41, 5.74) is 4.94. The molecule has 180 valence electrons. The zero-order chi connectivity index (χ0) is 24.9. The molecule has 2 N–H and O–H groups in total. The summed E-state index contributed by atoms with van der Waals surface area (Å²) < 4.78 is 7.31. The third-order valence-corrected chi connectivity index (χ3v) is 5.71. The second-order valence-corrected chi connectivity index (χ2v) is 8.40. The molecule has 8 nitrogen and oxygen atoms in total. The van der Waals surface area contributed by atoms with Crippen molar-refractivity contribution >= 4 is 29.0 Å². The van der Waals surface area contributed by atoms with Gasteiger partial charge >= 0.3 is 0 Å². The summed E-state index contributed by atoms with van der Waals surface area (Å²) in [5.74, 6) is 1.37. The predicted octanol–water partition coefficient (Wildman–Crippen LogP) is 4.18. The van der Waals surface area contributed by atoms with E-state index in [1.807, 2.05) is 79.2 Å². The summed E-state index contributed by atoms with van der Waals surface area (Å²) in [6.45, 7) is 4.45. The summed E-state index contributed by atoms with van der Waals surface area (Å²) in [7, 11) is 3.61. The molecule has 2 aromatic carbocycles. The number of hydrogen-bond donors (Lipinski definition) is 2. The number of hydrogen-bond acceptors (Lipinski definition) is 5. The van der Waals surface area contributed by atoms with Gasteiger partial charge in [-0.25, -0.2) is 4.98 Å². The lowest BCUT2D eigenvalue weighted by Gasteiger charge is -2.20. The standard InChI is InChI=1S/C27H29N5O3/c1-18-27(31(3)16-20-9-12-23(13-10-20)30-19(2)33)32-17-22(11-14-25(32)29-18)26(34)28-15-21-7-5-6-8-24(21)35-4/h5-14,17H,15-16H2,1-4H3,(H,28,34)(H,30,33). The summed E-state index contributed by atoms with van der Waals surface area (Å²) in [4.78, 5) is 30.9. The van der Waals surface area contributed by atoms with Crippen LogP contribution in [0.1, 0.15) is 34.1 Å². The van der Waals surface area contributed by atoms with Crippen LogP contribution in [-0.2, 0) is 17.9 Å². The van der Waals surface area contributed by atoms with Crippen LogP contribution in [0, 0.1) is 6.92 Å². The van der Waals surface area contributed by atoms with Crippen molar-refractivity contribution in [3.8, 4) is 5.75 Å². The van der Waals surface area contributed by atoms with Gasteiger partial charge in [-0.2, -0.15) is 0 Å². The molecule has 0 saturated carbocycles. The quantitative estimate of drug-likeness (QED) is 0.403. The molecule has 2 amide bonds. The molecule has 0 aliphatic heterocycles. The molecule has 0 bridgehead atoms. The second kappa shape index (κ2) is 10.3. The normalized spacial score (nSPS) is 10.7. The first kappa shape index (κ1) is 23.8. The minimum Gasteiger partial charge on any atom is -0.496 e. The Morgan fingerprint density at radius 2 is 1.80 bits per heavy atom. The number of nitrogens with zero attached hydrogens (tertiary/aromatic N) is 3. The number of para-hydroxylation sites is 1. The maximum absolute atomic E-state index is 12.9. The number of carbonyl (C=O) groups excluding carboxylic acids is 2. The van der Waals surface area contributed by atoms with E-state index in [1.165, 1.54) is 6.92 Å². The minimum atomic E-state index is -0.175. The first-order valence-electron chi connectivity index (χ1n) is 11.3. The van der Waals surface area contributed by atoms with Gasteiger partial charge in [0.25, 0.3) is 5.91 Å². The summed E-state index contributed by atoms with van der Waals surface area (Å²) in [6, 6.07) is 19.0. The van der Waals surface area contributed by atoms with Crippen LogP contribution in [0.25, 0.3) is 5.65 Å². The maximum atomic E-state index is 12.9. The fourth-order valence-corrected chi connectivity index (χ4v) is 4.12. The van der Waals surface area contributed by atoms with E-state index < -0.39 is 0 Å². The van der Waals surface area contributed by atoms with Crippen LogP contribution in [0.2, 0.25) is 0 Å². The van der Waals surface area contributed by atoms with Gasteiger partial charge in [-0.15, -0.1) is 0 Å². The molecule has 35 heavy (non-hydrogen) atoms. The van der Waals surface area contributed by atoms with Crippen molar-refractivity contribution < 1.29 is 14.3 Å². The number of fused-ring (bicyclic) bond motifs is 1. The maximum Gasteiger partial charge on any atom is 0.253 e. The van der Waals surface area contributed by atoms with Crippen molar-refractivity contribution in [3.05, 3.63) is 89.2 Å². The number of aromatic nitrogens is 2. The summed E-state index contributed by atoms with van der Waals surface area (Å²) >= 11 is 0. The summed E-state index contributed by atoms with van der Waals surface area (Å²) in [5, 5.41) is 5.75. The van der Waals surface area contributed by atoms with Crippen LogP contribution in [0.3, 0.4) is 0 Å². The topological polar surface area (TPSA) is 88.0 Å². The Hall–Kier alpha value is -4.33. The number of ether oxygens (including phenoxy) is 1. The van der Waals surface area contributed by atoms with Crippen LogP contribution in [-0.4, -0.2) is 35.4 Å². The Morgan fingerprint density at radius 3 is 2.51 bits per heavy atom. The average Bonchev–Trinajstić information content (AvgIpc) is 3.18. The summed E-state index contributed by atoms with van der Waals surface area (Å²) in [6.07, 6.45) is 1.82. The molecule has 2 heterocycles. The van der Waals surface area contributed by atoms with E-state index in [1.54, 1.807) is 13.2 Å². The Bertz CT molecular complexity index is 1360. The van der Waals surface area contributed by atoms with E-state index in [0.29, 0.717) is 18.7 Å². The van der Waals surface area contributed by atoms with Gasteiger partial charge in [-0.1, -0.05) is 30.3 Å². The Kier molecular flexibility index (Phi) is 7.01. The number of carbonyl (C=O) groups is 2. The van der Waals surface area contributed by atoms with Gasteiger partial charge < -0.3 is 20.3 Å². The number of nitrogens with one attached hydrogen (secondary N) is 2. The largest absolute Gasteiger partial charge is 0.496 e. The van der Waals surface area contributed by atoms with E-state index >= 15 is 0 Å². The minimum absolute atomic E-state index is 0.0982. The molecule has 4 aromatic rings.